The summed E-state index contributed by atoms with van der Waals surface area (Å²) in [7, 11) is -4.05. The fraction of sp³-hybridized carbons (Fsp3) is 0.455. The number of hydrogen-bond donors (Lipinski definition) is 1. The highest BCUT2D eigenvalue weighted by Gasteiger charge is 2.37. The lowest BCUT2D eigenvalue weighted by Gasteiger charge is -2.19. The van der Waals surface area contributed by atoms with Gasteiger partial charge in [-0.2, -0.15) is 4.31 Å². The SMILES string of the molecule is N[C@@H]1CCN(S(=O)(=O)c2ccccc2OC(F)(F)F)C1. The van der Waals surface area contributed by atoms with Gasteiger partial charge < -0.3 is 10.5 Å². The van der Waals surface area contributed by atoms with Crippen LogP contribution in [0.15, 0.2) is 29.2 Å². The lowest BCUT2D eigenvalue weighted by molar-refractivity contribution is -0.275. The number of rotatable bonds is 3. The fourth-order valence-electron chi connectivity index (χ4n) is 1.98. The number of para-hydroxylation sites is 1. The standard InChI is InChI=1S/C11H13F3N2O3S/c12-11(13,14)19-9-3-1-2-4-10(9)20(17,18)16-6-5-8(15)7-16/h1-4,8H,5-7,15H2/t8-/m1/s1. The van der Waals surface area contributed by atoms with Crippen LogP contribution >= 0.6 is 0 Å². The normalized spacial score (nSPS) is 21.1. The van der Waals surface area contributed by atoms with Crippen molar-refractivity contribution in [3.05, 3.63) is 24.3 Å². The molecule has 0 spiro atoms. The molecule has 0 radical (unpaired) electrons. The van der Waals surface area contributed by atoms with Gasteiger partial charge in [-0.05, 0) is 18.6 Å². The minimum atomic E-state index is -4.95. The van der Waals surface area contributed by atoms with Gasteiger partial charge in [0, 0.05) is 19.1 Å². The smallest absolute Gasteiger partial charge is 0.404 e. The minimum Gasteiger partial charge on any atom is -0.404 e. The first-order chi connectivity index (χ1) is 9.20. The number of halogens is 3. The summed E-state index contributed by atoms with van der Waals surface area (Å²) in [5, 5.41) is 0. The quantitative estimate of drug-likeness (QED) is 0.913. The van der Waals surface area contributed by atoms with Crippen molar-refractivity contribution in [1.29, 1.82) is 0 Å². The molecule has 2 rings (SSSR count). The Balaban J connectivity index is 2.37. The van der Waals surface area contributed by atoms with Crippen LogP contribution in [0.25, 0.3) is 0 Å². The maximum atomic E-state index is 12.3. The highest BCUT2D eigenvalue weighted by Crippen LogP contribution is 2.32. The number of alkyl halides is 3. The van der Waals surface area contributed by atoms with Crippen molar-refractivity contribution in [3.8, 4) is 5.75 Å². The zero-order valence-electron chi connectivity index (χ0n) is 10.3. The molecule has 0 amide bonds. The lowest BCUT2D eigenvalue weighted by atomic mass is 10.3. The number of nitrogens with two attached hydrogens (primary N) is 1. The molecule has 1 saturated heterocycles. The first-order valence-electron chi connectivity index (χ1n) is 5.80. The van der Waals surface area contributed by atoms with Gasteiger partial charge >= 0.3 is 6.36 Å². The van der Waals surface area contributed by atoms with Crippen LogP contribution < -0.4 is 10.5 Å². The third-order valence-corrected chi connectivity index (χ3v) is 4.78. The van der Waals surface area contributed by atoms with E-state index in [0.717, 1.165) is 16.4 Å². The molecule has 1 atom stereocenters. The van der Waals surface area contributed by atoms with Gasteiger partial charge in [0.05, 0.1) is 0 Å². The number of sulfonamides is 1. The van der Waals surface area contributed by atoms with Crippen molar-refractivity contribution in [2.75, 3.05) is 13.1 Å². The molecule has 1 aliphatic rings. The van der Waals surface area contributed by atoms with E-state index in [4.69, 9.17) is 5.73 Å². The van der Waals surface area contributed by atoms with E-state index >= 15 is 0 Å². The maximum Gasteiger partial charge on any atom is 0.573 e. The fourth-order valence-corrected chi connectivity index (χ4v) is 3.61. The zero-order valence-corrected chi connectivity index (χ0v) is 11.1. The summed E-state index contributed by atoms with van der Waals surface area (Å²) in [6.45, 7) is 0.270. The Kier molecular flexibility index (Phi) is 3.94. The molecule has 0 unspecified atom stereocenters. The number of nitrogens with zero attached hydrogens (tertiary/aromatic N) is 1. The third-order valence-electron chi connectivity index (χ3n) is 2.88. The summed E-state index contributed by atoms with van der Waals surface area (Å²) in [5.74, 6) is -0.736. The first kappa shape index (κ1) is 15.1. The molecule has 1 heterocycles. The van der Waals surface area contributed by atoms with Crippen LogP contribution in [0.3, 0.4) is 0 Å². The van der Waals surface area contributed by atoms with E-state index < -0.39 is 27.0 Å². The van der Waals surface area contributed by atoms with E-state index in [-0.39, 0.29) is 19.1 Å². The highest BCUT2D eigenvalue weighted by molar-refractivity contribution is 7.89. The van der Waals surface area contributed by atoms with Crippen LogP contribution in [0.1, 0.15) is 6.42 Å². The predicted octanol–water partition coefficient (Wildman–Crippen LogP) is 1.31. The average Bonchev–Trinajstić information content (AvgIpc) is 2.75. The Morgan fingerprint density at radius 2 is 1.95 bits per heavy atom. The van der Waals surface area contributed by atoms with Gasteiger partial charge in [-0.3, -0.25) is 0 Å². The van der Waals surface area contributed by atoms with Crippen LogP contribution in [-0.2, 0) is 10.0 Å². The maximum absolute atomic E-state index is 12.3. The molecule has 20 heavy (non-hydrogen) atoms. The second kappa shape index (κ2) is 5.23. The van der Waals surface area contributed by atoms with Crippen molar-refractivity contribution >= 4 is 10.0 Å². The highest BCUT2D eigenvalue weighted by atomic mass is 32.2. The Labute approximate surface area is 114 Å². The molecule has 112 valence electrons. The largest absolute Gasteiger partial charge is 0.573 e. The third kappa shape index (κ3) is 3.22. The number of benzene rings is 1. The molecule has 1 fully saturated rings. The van der Waals surface area contributed by atoms with Crippen LogP contribution in [-0.4, -0.2) is 38.2 Å². The Morgan fingerprint density at radius 1 is 1.30 bits per heavy atom. The number of ether oxygens (including phenoxy) is 1. The topological polar surface area (TPSA) is 72.6 Å². The van der Waals surface area contributed by atoms with Gasteiger partial charge in [-0.15, -0.1) is 13.2 Å². The molecular weight excluding hydrogens is 297 g/mol. The Bertz CT molecular complexity index is 589. The van der Waals surface area contributed by atoms with Gasteiger partial charge in [-0.25, -0.2) is 8.42 Å². The second-order valence-electron chi connectivity index (χ2n) is 4.41. The summed E-state index contributed by atoms with van der Waals surface area (Å²) in [6, 6.07) is 4.36. The van der Waals surface area contributed by atoms with Gasteiger partial charge in [0.25, 0.3) is 0 Å². The van der Waals surface area contributed by atoms with Crippen molar-refractivity contribution in [2.24, 2.45) is 5.73 Å². The lowest BCUT2D eigenvalue weighted by Crippen LogP contribution is -2.32. The number of hydrogen-bond acceptors (Lipinski definition) is 4. The van der Waals surface area contributed by atoms with E-state index in [2.05, 4.69) is 4.74 Å². The molecule has 0 aliphatic carbocycles. The van der Waals surface area contributed by atoms with Crippen LogP contribution in [0, 0.1) is 0 Å². The molecule has 1 aliphatic heterocycles. The molecular formula is C11H13F3N2O3S. The van der Waals surface area contributed by atoms with Crippen molar-refractivity contribution in [3.63, 3.8) is 0 Å². The van der Waals surface area contributed by atoms with E-state index in [1.54, 1.807) is 0 Å². The molecule has 0 bridgehead atoms. The summed E-state index contributed by atoms with van der Waals surface area (Å²) in [6.07, 6.45) is -4.48. The van der Waals surface area contributed by atoms with Gasteiger partial charge in [-0.1, -0.05) is 12.1 Å². The van der Waals surface area contributed by atoms with Crippen molar-refractivity contribution < 1.29 is 26.3 Å². The summed E-state index contributed by atoms with van der Waals surface area (Å²) in [5.41, 5.74) is 5.62. The molecule has 0 aromatic heterocycles. The van der Waals surface area contributed by atoms with E-state index in [9.17, 15) is 21.6 Å². The van der Waals surface area contributed by atoms with Crippen LogP contribution in [0.5, 0.6) is 5.75 Å². The monoisotopic (exact) mass is 310 g/mol. The van der Waals surface area contributed by atoms with E-state index in [1.807, 2.05) is 0 Å². The summed E-state index contributed by atoms with van der Waals surface area (Å²) >= 11 is 0. The average molecular weight is 310 g/mol. The minimum absolute atomic E-state index is 0.0860. The van der Waals surface area contributed by atoms with Gasteiger partial charge in [0.1, 0.15) is 10.6 Å². The van der Waals surface area contributed by atoms with Crippen LogP contribution in [0.4, 0.5) is 13.2 Å². The second-order valence-corrected chi connectivity index (χ2v) is 6.31. The van der Waals surface area contributed by atoms with Crippen molar-refractivity contribution in [2.45, 2.75) is 23.7 Å². The predicted molar refractivity (Wildman–Crippen MR) is 64.5 cm³/mol. The molecule has 0 saturated carbocycles. The molecule has 5 nitrogen and oxygen atoms in total. The molecule has 1 aromatic carbocycles. The summed E-state index contributed by atoms with van der Waals surface area (Å²) < 4.78 is 66.3. The van der Waals surface area contributed by atoms with Gasteiger partial charge in [0.2, 0.25) is 10.0 Å². The first-order valence-corrected chi connectivity index (χ1v) is 7.24. The van der Waals surface area contributed by atoms with Crippen LogP contribution in [0.2, 0.25) is 0 Å². The van der Waals surface area contributed by atoms with E-state index in [1.165, 1.54) is 12.1 Å². The van der Waals surface area contributed by atoms with E-state index in [0.29, 0.717) is 6.42 Å². The molecule has 2 N–H and O–H groups in total. The summed E-state index contributed by atoms with van der Waals surface area (Å²) in [4.78, 5) is -0.508. The van der Waals surface area contributed by atoms with Gasteiger partial charge in [0.15, 0.2) is 0 Å². The Hall–Kier alpha value is -1.32. The van der Waals surface area contributed by atoms with Crippen molar-refractivity contribution in [1.82, 2.24) is 4.31 Å². The Morgan fingerprint density at radius 3 is 2.50 bits per heavy atom. The molecule has 1 aromatic rings. The molecule has 9 heteroatoms. The zero-order chi connectivity index (χ0) is 15.0.